The molecule has 19 heavy (non-hydrogen) atoms. The van der Waals surface area contributed by atoms with E-state index in [0.717, 1.165) is 11.1 Å². The zero-order valence-electron chi connectivity index (χ0n) is 10.8. The van der Waals surface area contributed by atoms with E-state index in [1.165, 1.54) is 0 Å². The van der Waals surface area contributed by atoms with Gasteiger partial charge in [0.15, 0.2) is 5.84 Å². The Morgan fingerprint density at radius 1 is 1.21 bits per heavy atom. The Hall–Kier alpha value is -2.56. The van der Waals surface area contributed by atoms with Gasteiger partial charge in [0.1, 0.15) is 5.75 Å². The number of benzene rings is 1. The number of aryl methyl sites for hydroxylation is 2. The van der Waals surface area contributed by atoms with Crippen LogP contribution in [0.4, 0.5) is 0 Å². The zero-order chi connectivity index (χ0) is 13.8. The molecule has 98 valence electrons. The largest absolute Gasteiger partial charge is 0.439 e. The molecule has 5 heteroatoms. The van der Waals surface area contributed by atoms with Gasteiger partial charge in [-0.05, 0) is 43.2 Å². The molecule has 1 aromatic heterocycles. The van der Waals surface area contributed by atoms with Crippen molar-refractivity contribution in [3.63, 3.8) is 0 Å². The van der Waals surface area contributed by atoms with Gasteiger partial charge in [0.2, 0.25) is 5.88 Å². The number of hydrogen-bond acceptors (Lipinski definition) is 4. The molecule has 0 unspecified atom stereocenters. The van der Waals surface area contributed by atoms with E-state index in [4.69, 9.17) is 15.7 Å². The van der Waals surface area contributed by atoms with Crippen LogP contribution in [-0.2, 0) is 0 Å². The van der Waals surface area contributed by atoms with Crippen LogP contribution in [0.1, 0.15) is 16.7 Å². The average Bonchev–Trinajstić information content (AvgIpc) is 2.37. The molecular formula is C14H15N3O2. The first-order valence-electron chi connectivity index (χ1n) is 5.78. The number of ether oxygens (including phenoxy) is 1. The Labute approximate surface area is 111 Å². The summed E-state index contributed by atoms with van der Waals surface area (Å²) in [5, 5.41) is 11.6. The second kappa shape index (κ2) is 5.39. The number of amidine groups is 1. The van der Waals surface area contributed by atoms with Crippen molar-refractivity contribution in [3.05, 3.63) is 53.2 Å². The van der Waals surface area contributed by atoms with Crippen molar-refractivity contribution in [2.24, 2.45) is 10.9 Å². The Balaban J connectivity index is 2.28. The fourth-order valence-electron chi connectivity index (χ4n) is 1.79. The summed E-state index contributed by atoms with van der Waals surface area (Å²) >= 11 is 0. The van der Waals surface area contributed by atoms with E-state index in [0.29, 0.717) is 17.2 Å². The topological polar surface area (TPSA) is 80.7 Å². The van der Waals surface area contributed by atoms with E-state index in [-0.39, 0.29) is 5.84 Å². The van der Waals surface area contributed by atoms with Crippen LogP contribution >= 0.6 is 0 Å². The molecule has 0 aliphatic rings. The summed E-state index contributed by atoms with van der Waals surface area (Å²) in [4.78, 5) is 4.10. The van der Waals surface area contributed by atoms with Crippen molar-refractivity contribution in [1.29, 1.82) is 0 Å². The van der Waals surface area contributed by atoms with Gasteiger partial charge in [0.05, 0.1) is 0 Å². The lowest BCUT2D eigenvalue weighted by Gasteiger charge is -2.08. The normalized spacial score (nSPS) is 11.4. The Morgan fingerprint density at radius 3 is 2.53 bits per heavy atom. The predicted molar refractivity (Wildman–Crippen MR) is 72.7 cm³/mol. The number of oxime groups is 1. The van der Waals surface area contributed by atoms with Gasteiger partial charge in [-0.3, -0.25) is 0 Å². The van der Waals surface area contributed by atoms with Gasteiger partial charge in [-0.1, -0.05) is 11.2 Å². The Bertz CT molecular complexity index is 604. The third kappa shape index (κ3) is 3.22. The van der Waals surface area contributed by atoms with Gasteiger partial charge in [0, 0.05) is 17.8 Å². The second-order valence-corrected chi connectivity index (χ2v) is 4.29. The van der Waals surface area contributed by atoms with E-state index in [1.54, 1.807) is 18.3 Å². The first-order chi connectivity index (χ1) is 9.08. The zero-order valence-corrected chi connectivity index (χ0v) is 10.8. The molecule has 0 fully saturated rings. The molecular weight excluding hydrogens is 242 g/mol. The maximum atomic E-state index is 8.64. The lowest BCUT2D eigenvalue weighted by Crippen LogP contribution is -2.13. The molecule has 0 saturated carbocycles. The van der Waals surface area contributed by atoms with Crippen molar-refractivity contribution in [2.45, 2.75) is 13.8 Å². The maximum absolute atomic E-state index is 8.64. The summed E-state index contributed by atoms with van der Waals surface area (Å²) < 4.78 is 5.67. The minimum Gasteiger partial charge on any atom is -0.439 e. The summed E-state index contributed by atoms with van der Waals surface area (Å²) in [7, 11) is 0. The highest BCUT2D eigenvalue weighted by Gasteiger charge is 2.04. The standard InChI is InChI=1S/C14H15N3O2/c1-9-5-10(2)7-12(6-9)19-13-8-11(3-4-16-13)14(15)17-18/h3-8,18H,1-2H3,(H2,15,17). The van der Waals surface area contributed by atoms with E-state index >= 15 is 0 Å². The van der Waals surface area contributed by atoms with Gasteiger partial charge in [-0.15, -0.1) is 0 Å². The van der Waals surface area contributed by atoms with Crippen LogP contribution in [0.5, 0.6) is 11.6 Å². The summed E-state index contributed by atoms with van der Waals surface area (Å²) in [6.07, 6.45) is 1.55. The fraction of sp³-hybridized carbons (Fsp3) is 0.143. The second-order valence-electron chi connectivity index (χ2n) is 4.29. The quantitative estimate of drug-likeness (QED) is 0.383. The number of nitrogens with two attached hydrogens (primary N) is 1. The molecule has 2 aromatic rings. The SMILES string of the molecule is Cc1cc(C)cc(Oc2cc(/C(N)=N/O)ccn2)c1. The highest BCUT2D eigenvalue weighted by molar-refractivity contribution is 5.97. The molecule has 1 aromatic carbocycles. The summed E-state index contributed by atoms with van der Waals surface area (Å²) in [6.45, 7) is 4.00. The molecule has 0 bridgehead atoms. The molecule has 5 nitrogen and oxygen atoms in total. The molecule has 0 aliphatic carbocycles. The lowest BCUT2D eigenvalue weighted by atomic mass is 10.1. The highest BCUT2D eigenvalue weighted by atomic mass is 16.5. The fourth-order valence-corrected chi connectivity index (χ4v) is 1.79. The smallest absolute Gasteiger partial charge is 0.219 e. The summed E-state index contributed by atoms with van der Waals surface area (Å²) in [5.74, 6) is 1.13. The first kappa shape index (κ1) is 12.9. The summed E-state index contributed by atoms with van der Waals surface area (Å²) in [6, 6.07) is 9.17. The minimum atomic E-state index is 0.0210. The van der Waals surface area contributed by atoms with Gasteiger partial charge < -0.3 is 15.7 Å². The monoisotopic (exact) mass is 257 g/mol. The van der Waals surface area contributed by atoms with Crippen LogP contribution in [0, 0.1) is 13.8 Å². The van der Waals surface area contributed by atoms with Gasteiger partial charge >= 0.3 is 0 Å². The lowest BCUT2D eigenvalue weighted by molar-refractivity contribution is 0.318. The van der Waals surface area contributed by atoms with Crippen molar-refractivity contribution < 1.29 is 9.94 Å². The molecule has 0 atom stereocenters. The van der Waals surface area contributed by atoms with Gasteiger partial charge in [-0.2, -0.15) is 0 Å². The predicted octanol–water partition coefficient (Wildman–Crippen LogP) is 2.59. The minimum absolute atomic E-state index is 0.0210. The van der Waals surface area contributed by atoms with E-state index < -0.39 is 0 Å². The van der Waals surface area contributed by atoms with E-state index in [9.17, 15) is 0 Å². The van der Waals surface area contributed by atoms with Crippen molar-refractivity contribution in [1.82, 2.24) is 4.98 Å². The number of rotatable bonds is 3. The molecule has 0 amide bonds. The third-order valence-electron chi connectivity index (χ3n) is 2.56. The summed E-state index contributed by atoms with van der Waals surface area (Å²) in [5.41, 5.74) is 8.30. The van der Waals surface area contributed by atoms with E-state index in [1.807, 2.05) is 26.0 Å². The highest BCUT2D eigenvalue weighted by Crippen LogP contribution is 2.22. The molecule has 2 rings (SSSR count). The number of pyridine rings is 1. The van der Waals surface area contributed by atoms with Crippen LogP contribution in [-0.4, -0.2) is 16.0 Å². The van der Waals surface area contributed by atoms with Crippen LogP contribution in [0.15, 0.2) is 41.7 Å². The molecule has 3 N–H and O–H groups in total. The number of hydrogen-bond donors (Lipinski definition) is 2. The van der Waals surface area contributed by atoms with Crippen LogP contribution in [0.3, 0.4) is 0 Å². The number of aromatic nitrogens is 1. The first-order valence-corrected chi connectivity index (χ1v) is 5.78. The Kier molecular flexibility index (Phi) is 3.66. The van der Waals surface area contributed by atoms with E-state index in [2.05, 4.69) is 16.2 Å². The van der Waals surface area contributed by atoms with Crippen molar-refractivity contribution in [2.75, 3.05) is 0 Å². The average molecular weight is 257 g/mol. The Morgan fingerprint density at radius 2 is 1.89 bits per heavy atom. The molecule has 0 aliphatic heterocycles. The van der Waals surface area contributed by atoms with Crippen LogP contribution in [0.25, 0.3) is 0 Å². The maximum Gasteiger partial charge on any atom is 0.219 e. The molecule has 0 saturated heterocycles. The van der Waals surface area contributed by atoms with Crippen LogP contribution < -0.4 is 10.5 Å². The van der Waals surface area contributed by atoms with Gasteiger partial charge in [-0.25, -0.2) is 4.98 Å². The van der Waals surface area contributed by atoms with Crippen molar-refractivity contribution in [3.8, 4) is 11.6 Å². The third-order valence-corrected chi connectivity index (χ3v) is 2.56. The molecule has 0 spiro atoms. The molecule has 1 heterocycles. The molecule has 0 radical (unpaired) electrons. The van der Waals surface area contributed by atoms with Gasteiger partial charge in [0.25, 0.3) is 0 Å². The number of nitrogens with zero attached hydrogens (tertiary/aromatic N) is 2. The van der Waals surface area contributed by atoms with Crippen molar-refractivity contribution >= 4 is 5.84 Å². The van der Waals surface area contributed by atoms with Crippen LogP contribution in [0.2, 0.25) is 0 Å².